The molecule has 0 unspecified atom stereocenters. The molecule has 6 nitrogen and oxygen atoms in total. The van der Waals surface area contributed by atoms with Crippen LogP contribution in [0.2, 0.25) is 0 Å². The molecule has 6 heteroatoms. The Kier molecular flexibility index (Phi) is 3.01. The van der Waals surface area contributed by atoms with Crippen molar-refractivity contribution in [3.63, 3.8) is 0 Å². The van der Waals surface area contributed by atoms with Gasteiger partial charge in [0.25, 0.3) is 0 Å². The van der Waals surface area contributed by atoms with E-state index in [1.54, 1.807) is 12.5 Å². The fraction of sp³-hybridized carbons (Fsp3) is 0.267. The third-order valence-corrected chi connectivity index (χ3v) is 3.68. The maximum absolute atomic E-state index is 5.35. The molecule has 0 aliphatic carbocycles. The molecule has 4 heterocycles. The van der Waals surface area contributed by atoms with E-state index in [2.05, 4.69) is 24.8 Å². The minimum atomic E-state index is 0.665. The third-order valence-electron chi connectivity index (χ3n) is 3.68. The Labute approximate surface area is 121 Å². The molecule has 0 amide bonds. The highest BCUT2D eigenvalue weighted by atomic mass is 16.3. The second-order valence-electron chi connectivity index (χ2n) is 5.14. The van der Waals surface area contributed by atoms with Gasteiger partial charge in [0.15, 0.2) is 11.6 Å². The smallest absolute Gasteiger partial charge is 0.195 e. The molecule has 106 valence electrons. The van der Waals surface area contributed by atoms with E-state index in [9.17, 15) is 0 Å². The summed E-state index contributed by atoms with van der Waals surface area (Å²) in [6.07, 6.45) is 8.11. The van der Waals surface area contributed by atoms with Crippen molar-refractivity contribution in [2.75, 3.05) is 6.54 Å². The largest absolute Gasteiger partial charge is 0.461 e. The second kappa shape index (κ2) is 5.14. The van der Waals surface area contributed by atoms with Crippen molar-refractivity contribution >= 4 is 0 Å². The van der Waals surface area contributed by atoms with E-state index in [1.807, 2.05) is 24.5 Å². The number of nitrogens with zero attached hydrogens (tertiary/aromatic N) is 4. The SMILES string of the molecule is c1coc(-c2ncc3c(n2)CCN(Cc2ncc[nH]2)C3)c1. The molecule has 0 atom stereocenters. The fourth-order valence-electron chi connectivity index (χ4n) is 2.63. The molecule has 1 aliphatic rings. The van der Waals surface area contributed by atoms with E-state index in [0.717, 1.165) is 43.3 Å². The lowest BCUT2D eigenvalue weighted by Crippen LogP contribution is -2.31. The van der Waals surface area contributed by atoms with Crippen molar-refractivity contribution in [1.29, 1.82) is 0 Å². The lowest BCUT2D eigenvalue weighted by Gasteiger charge is -2.27. The molecule has 0 aromatic carbocycles. The summed E-state index contributed by atoms with van der Waals surface area (Å²) in [6.45, 7) is 2.66. The van der Waals surface area contributed by atoms with Crippen LogP contribution in [0.15, 0.2) is 41.4 Å². The van der Waals surface area contributed by atoms with Crippen molar-refractivity contribution in [1.82, 2.24) is 24.8 Å². The van der Waals surface area contributed by atoms with Gasteiger partial charge in [0.2, 0.25) is 0 Å². The zero-order valence-corrected chi connectivity index (χ0v) is 11.5. The summed E-state index contributed by atoms with van der Waals surface area (Å²) in [7, 11) is 0. The van der Waals surface area contributed by atoms with Crippen LogP contribution >= 0.6 is 0 Å². The number of rotatable bonds is 3. The molecular weight excluding hydrogens is 266 g/mol. The van der Waals surface area contributed by atoms with Crippen LogP contribution in [0.1, 0.15) is 17.1 Å². The van der Waals surface area contributed by atoms with Crippen LogP contribution in [0.25, 0.3) is 11.6 Å². The number of fused-ring (bicyclic) bond motifs is 1. The van der Waals surface area contributed by atoms with Gasteiger partial charge in [0, 0.05) is 43.7 Å². The van der Waals surface area contributed by atoms with Crippen LogP contribution in [-0.2, 0) is 19.5 Å². The number of hydrogen-bond acceptors (Lipinski definition) is 5. The van der Waals surface area contributed by atoms with Gasteiger partial charge < -0.3 is 9.40 Å². The average Bonchev–Trinajstić information content (AvgIpc) is 3.20. The topological polar surface area (TPSA) is 70.8 Å². The lowest BCUT2D eigenvalue weighted by molar-refractivity contribution is 0.237. The Morgan fingerprint density at radius 3 is 3.14 bits per heavy atom. The molecule has 3 aromatic rings. The molecule has 1 aliphatic heterocycles. The third kappa shape index (κ3) is 2.45. The van der Waals surface area contributed by atoms with Crippen molar-refractivity contribution in [2.24, 2.45) is 0 Å². The van der Waals surface area contributed by atoms with E-state index in [0.29, 0.717) is 5.82 Å². The van der Waals surface area contributed by atoms with E-state index in [-0.39, 0.29) is 0 Å². The number of H-pyrrole nitrogens is 1. The maximum Gasteiger partial charge on any atom is 0.195 e. The highest BCUT2D eigenvalue weighted by Crippen LogP contribution is 2.21. The molecular formula is C15H15N5O. The van der Waals surface area contributed by atoms with E-state index in [4.69, 9.17) is 4.42 Å². The first-order chi connectivity index (χ1) is 10.4. The van der Waals surface area contributed by atoms with Crippen LogP contribution < -0.4 is 0 Å². The molecule has 0 radical (unpaired) electrons. The first-order valence-electron chi connectivity index (χ1n) is 6.98. The van der Waals surface area contributed by atoms with E-state index < -0.39 is 0 Å². The standard InChI is InChI=1S/C15H15N5O/c1-2-13(21-7-1)15-18-8-11-9-20(6-3-12(11)19-15)10-14-16-4-5-17-14/h1-2,4-5,7-8H,3,6,9-10H2,(H,16,17). The van der Waals surface area contributed by atoms with Gasteiger partial charge >= 0.3 is 0 Å². The lowest BCUT2D eigenvalue weighted by atomic mass is 10.1. The summed E-state index contributed by atoms with van der Waals surface area (Å²) in [5, 5.41) is 0. The zero-order chi connectivity index (χ0) is 14.1. The first-order valence-corrected chi connectivity index (χ1v) is 6.98. The maximum atomic E-state index is 5.35. The minimum absolute atomic E-state index is 0.665. The summed E-state index contributed by atoms with van der Waals surface area (Å²) in [5.74, 6) is 2.38. The van der Waals surface area contributed by atoms with Crippen molar-refractivity contribution in [3.05, 3.63) is 54.1 Å². The summed E-state index contributed by atoms with van der Waals surface area (Å²) in [5.41, 5.74) is 2.30. The van der Waals surface area contributed by atoms with Crippen LogP contribution in [0.4, 0.5) is 0 Å². The van der Waals surface area contributed by atoms with Gasteiger partial charge in [-0.15, -0.1) is 0 Å². The Bertz CT molecular complexity index is 721. The van der Waals surface area contributed by atoms with Crippen LogP contribution in [0, 0.1) is 0 Å². The van der Waals surface area contributed by atoms with Gasteiger partial charge in [-0.25, -0.2) is 15.0 Å². The second-order valence-corrected chi connectivity index (χ2v) is 5.14. The minimum Gasteiger partial charge on any atom is -0.461 e. The van der Waals surface area contributed by atoms with Crippen molar-refractivity contribution in [2.45, 2.75) is 19.5 Å². The van der Waals surface area contributed by atoms with Gasteiger partial charge in [-0.1, -0.05) is 0 Å². The van der Waals surface area contributed by atoms with E-state index in [1.165, 1.54) is 5.56 Å². The van der Waals surface area contributed by atoms with Crippen LogP contribution in [0.3, 0.4) is 0 Å². The molecule has 0 saturated heterocycles. The summed E-state index contributed by atoms with van der Waals surface area (Å²) in [4.78, 5) is 18.8. The Balaban J connectivity index is 1.54. The Morgan fingerprint density at radius 2 is 2.33 bits per heavy atom. The van der Waals surface area contributed by atoms with Crippen LogP contribution in [0.5, 0.6) is 0 Å². The van der Waals surface area contributed by atoms with Crippen molar-refractivity contribution in [3.8, 4) is 11.6 Å². The first kappa shape index (κ1) is 12.3. The van der Waals surface area contributed by atoms with Gasteiger partial charge in [-0.05, 0) is 12.1 Å². The summed E-state index contributed by atoms with van der Waals surface area (Å²) < 4.78 is 5.35. The highest BCUT2D eigenvalue weighted by Gasteiger charge is 2.19. The predicted molar refractivity (Wildman–Crippen MR) is 76.1 cm³/mol. The Hall–Kier alpha value is -2.47. The molecule has 4 rings (SSSR count). The number of furan rings is 1. The normalized spacial score (nSPS) is 15.0. The number of hydrogen-bond donors (Lipinski definition) is 1. The molecule has 21 heavy (non-hydrogen) atoms. The summed E-state index contributed by atoms with van der Waals surface area (Å²) >= 11 is 0. The predicted octanol–water partition coefficient (Wildman–Crippen LogP) is 2.02. The zero-order valence-electron chi connectivity index (χ0n) is 11.5. The number of aromatic amines is 1. The molecule has 0 spiro atoms. The number of aromatic nitrogens is 4. The number of imidazole rings is 1. The highest BCUT2D eigenvalue weighted by molar-refractivity contribution is 5.46. The van der Waals surface area contributed by atoms with Gasteiger partial charge in [0.1, 0.15) is 5.82 Å². The van der Waals surface area contributed by atoms with Gasteiger partial charge in [-0.3, -0.25) is 4.90 Å². The van der Waals surface area contributed by atoms with Crippen molar-refractivity contribution < 1.29 is 4.42 Å². The Morgan fingerprint density at radius 1 is 1.33 bits per heavy atom. The molecule has 0 bridgehead atoms. The summed E-state index contributed by atoms with van der Waals surface area (Å²) in [6, 6.07) is 3.73. The molecule has 1 N–H and O–H groups in total. The van der Waals surface area contributed by atoms with E-state index >= 15 is 0 Å². The fourth-order valence-corrected chi connectivity index (χ4v) is 2.63. The van der Waals surface area contributed by atoms with Crippen LogP contribution in [-0.4, -0.2) is 31.4 Å². The van der Waals surface area contributed by atoms with Gasteiger partial charge in [-0.2, -0.15) is 0 Å². The molecule has 3 aromatic heterocycles. The number of nitrogens with one attached hydrogen (secondary N) is 1. The average molecular weight is 281 g/mol. The quantitative estimate of drug-likeness (QED) is 0.795. The molecule has 0 fully saturated rings. The van der Waals surface area contributed by atoms with Gasteiger partial charge in [0.05, 0.1) is 18.5 Å². The monoisotopic (exact) mass is 281 g/mol. The molecule has 0 saturated carbocycles.